The van der Waals surface area contributed by atoms with E-state index in [1.807, 2.05) is 0 Å². The zero-order valence-corrected chi connectivity index (χ0v) is 18.9. The lowest BCUT2D eigenvalue weighted by atomic mass is 10.1. The van der Waals surface area contributed by atoms with Crippen molar-refractivity contribution in [3.63, 3.8) is 0 Å². The Morgan fingerprint density at radius 1 is 1.06 bits per heavy atom. The van der Waals surface area contributed by atoms with E-state index in [-0.39, 0.29) is 23.6 Å². The highest BCUT2D eigenvalue weighted by Crippen LogP contribution is 2.26. The summed E-state index contributed by atoms with van der Waals surface area (Å²) in [5, 5.41) is 1.70. The highest BCUT2D eigenvalue weighted by molar-refractivity contribution is 7.07. The molecule has 33 heavy (non-hydrogen) atoms. The lowest BCUT2D eigenvalue weighted by molar-refractivity contribution is -0.274. The third kappa shape index (κ3) is 5.92. The van der Waals surface area contributed by atoms with Crippen LogP contribution in [0, 0.1) is 20.8 Å². The van der Waals surface area contributed by atoms with E-state index in [1.165, 1.54) is 28.8 Å². The molecule has 0 spiro atoms. The number of rotatable bonds is 8. The van der Waals surface area contributed by atoms with E-state index in [4.69, 9.17) is 4.74 Å². The van der Waals surface area contributed by atoms with Gasteiger partial charge in [0.1, 0.15) is 5.75 Å². The number of ether oxygens (including phenoxy) is 2. The minimum Gasteiger partial charge on any atom is -0.457 e. The lowest BCUT2D eigenvalue weighted by Gasteiger charge is -2.12. The van der Waals surface area contributed by atoms with Crippen molar-refractivity contribution in [1.29, 1.82) is 0 Å². The third-order valence-corrected chi connectivity index (χ3v) is 5.82. The van der Waals surface area contributed by atoms with Crippen LogP contribution in [0.4, 0.5) is 13.2 Å². The van der Waals surface area contributed by atoms with E-state index in [1.54, 1.807) is 36.8 Å². The molecule has 0 aliphatic carbocycles. The number of halogens is 3. The maximum atomic E-state index is 12.6. The molecule has 3 rings (SSSR count). The fourth-order valence-corrected chi connectivity index (χ4v) is 4.17. The summed E-state index contributed by atoms with van der Waals surface area (Å²) in [7, 11) is 0. The van der Waals surface area contributed by atoms with Crippen molar-refractivity contribution in [3.05, 3.63) is 68.0 Å². The number of carbonyl (C=O) groups excluding carboxylic acids is 2. The number of alkyl halides is 3. The number of Topliss-reactive ketones (excluding diaryl/α,β-unsaturated/α-hetero) is 1. The second kappa shape index (κ2) is 9.65. The van der Waals surface area contributed by atoms with Crippen molar-refractivity contribution in [1.82, 2.24) is 9.13 Å². The molecule has 0 amide bonds. The standard InChI is InChI=1S/C22H21F3N2O5S/c1-13-10-18(15(3)27(13)16-4-6-17(7-5-16)32-22(23,24)25)19(28)11-31-20(29)8-9-26-14(2)12-33-21(26)30/h4-7,10,12H,8-9,11H2,1-3H3. The highest BCUT2D eigenvalue weighted by Gasteiger charge is 2.31. The number of aryl methyl sites for hydroxylation is 2. The molecule has 0 N–H and O–H groups in total. The number of ketones is 1. The average molecular weight is 482 g/mol. The molecule has 0 fully saturated rings. The van der Waals surface area contributed by atoms with Gasteiger partial charge in [-0.25, -0.2) is 0 Å². The third-order valence-electron chi connectivity index (χ3n) is 4.94. The first-order valence-corrected chi connectivity index (χ1v) is 10.7. The maximum Gasteiger partial charge on any atom is 0.573 e. The molecule has 0 aliphatic rings. The van der Waals surface area contributed by atoms with Crippen molar-refractivity contribution in [3.8, 4) is 11.4 Å². The molecule has 0 aliphatic heterocycles. The fourth-order valence-electron chi connectivity index (χ4n) is 3.41. The topological polar surface area (TPSA) is 79.5 Å². The zero-order chi connectivity index (χ0) is 24.3. The molecule has 7 nitrogen and oxygen atoms in total. The van der Waals surface area contributed by atoms with Gasteiger partial charge in [0.2, 0.25) is 5.78 Å². The van der Waals surface area contributed by atoms with Crippen LogP contribution in [0.15, 0.2) is 40.5 Å². The molecule has 2 heterocycles. The summed E-state index contributed by atoms with van der Waals surface area (Å²) in [6, 6.07) is 6.89. The van der Waals surface area contributed by atoms with Crippen LogP contribution in [0.25, 0.3) is 5.69 Å². The van der Waals surface area contributed by atoms with Crippen LogP contribution in [0.2, 0.25) is 0 Å². The van der Waals surface area contributed by atoms with Gasteiger partial charge >= 0.3 is 17.2 Å². The van der Waals surface area contributed by atoms with Gasteiger partial charge < -0.3 is 18.6 Å². The first-order valence-electron chi connectivity index (χ1n) is 9.85. The molecule has 0 atom stereocenters. The predicted molar refractivity (Wildman–Crippen MR) is 115 cm³/mol. The molecular formula is C22H21F3N2O5S. The van der Waals surface area contributed by atoms with Crippen LogP contribution in [0.5, 0.6) is 5.75 Å². The normalized spacial score (nSPS) is 11.5. The van der Waals surface area contributed by atoms with Crippen molar-refractivity contribution < 1.29 is 32.2 Å². The number of aromatic nitrogens is 2. The highest BCUT2D eigenvalue weighted by atomic mass is 32.1. The van der Waals surface area contributed by atoms with Crippen LogP contribution in [-0.2, 0) is 16.1 Å². The summed E-state index contributed by atoms with van der Waals surface area (Å²) in [5.41, 5.74) is 2.87. The number of carbonyl (C=O) groups is 2. The summed E-state index contributed by atoms with van der Waals surface area (Å²) >= 11 is 1.05. The van der Waals surface area contributed by atoms with Crippen LogP contribution < -0.4 is 9.61 Å². The molecule has 11 heteroatoms. The van der Waals surface area contributed by atoms with Gasteiger partial charge in [-0.15, -0.1) is 13.2 Å². The average Bonchev–Trinajstić information content (AvgIpc) is 3.21. The Morgan fingerprint density at radius 2 is 1.73 bits per heavy atom. The quantitative estimate of drug-likeness (QED) is 0.353. The number of esters is 1. The Balaban J connectivity index is 1.64. The summed E-state index contributed by atoms with van der Waals surface area (Å²) in [6.07, 6.45) is -4.83. The van der Waals surface area contributed by atoms with Crippen molar-refractivity contribution in [2.75, 3.05) is 6.61 Å². The van der Waals surface area contributed by atoms with Gasteiger partial charge in [-0.1, -0.05) is 11.3 Å². The molecule has 1 aromatic carbocycles. The molecule has 0 bridgehead atoms. The zero-order valence-electron chi connectivity index (χ0n) is 18.1. The van der Waals surface area contributed by atoms with Crippen molar-refractivity contribution in [2.24, 2.45) is 0 Å². The predicted octanol–water partition coefficient (Wildman–Crippen LogP) is 4.34. The summed E-state index contributed by atoms with van der Waals surface area (Å²) in [5.74, 6) is -1.37. The van der Waals surface area contributed by atoms with Gasteiger partial charge in [-0.3, -0.25) is 14.4 Å². The smallest absolute Gasteiger partial charge is 0.457 e. The Hall–Kier alpha value is -3.34. The summed E-state index contributed by atoms with van der Waals surface area (Å²) in [4.78, 5) is 36.2. The first kappa shape index (κ1) is 24.3. The molecule has 0 saturated heterocycles. The van der Waals surface area contributed by atoms with Crippen LogP contribution in [-0.4, -0.2) is 33.9 Å². The Morgan fingerprint density at radius 3 is 2.30 bits per heavy atom. The monoisotopic (exact) mass is 482 g/mol. The van der Waals surface area contributed by atoms with E-state index in [2.05, 4.69) is 4.74 Å². The number of hydrogen-bond acceptors (Lipinski definition) is 6. The van der Waals surface area contributed by atoms with E-state index >= 15 is 0 Å². The molecule has 0 saturated carbocycles. The van der Waals surface area contributed by atoms with Gasteiger partial charge in [0.25, 0.3) is 0 Å². The second-order valence-electron chi connectivity index (χ2n) is 7.29. The first-order chi connectivity index (χ1) is 15.5. The van der Waals surface area contributed by atoms with Gasteiger partial charge in [0, 0.05) is 40.3 Å². The van der Waals surface area contributed by atoms with Crippen LogP contribution in [0.3, 0.4) is 0 Å². The Labute approximate surface area is 191 Å². The Bertz CT molecular complexity index is 1220. The number of nitrogens with zero attached hydrogens (tertiary/aromatic N) is 2. The second-order valence-corrected chi connectivity index (χ2v) is 8.11. The van der Waals surface area contributed by atoms with Crippen LogP contribution >= 0.6 is 11.3 Å². The van der Waals surface area contributed by atoms with Gasteiger partial charge in [-0.2, -0.15) is 0 Å². The van der Waals surface area contributed by atoms with E-state index in [0.717, 1.165) is 17.0 Å². The van der Waals surface area contributed by atoms with Gasteiger partial charge in [-0.05, 0) is 51.1 Å². The van der Waals surface area contributed by atoms with Gasteiger partial charge in [0.15, 0.2) is 6.61 Å². The molecule has 2 aromatic heterocycles. The number of hydrogen-bond donors (Lipinski definition) is 0. The van der Waals surface area contributed by atoms with E-state index < -0.39 is 24.7 Å². The SMILES string of the molecule is Cc1cc(C(=O)COC(=O)CCn2c(C)csc2=O)c(C)n1-c1ccc(OC(F)(F)F)cc1. The molecular weight excluding hydrogens is 461 g/mol. The largest absolute Gasteiger partial charge is 0.573 e. The van der Waals surface area contributed by atoms with E-state index in [9.17, 15) is 27.6 Å². The maximum absolute atomic E-state index is 12.6. The lowest BCUT2D eigenvalue weighted by Crippen LogP contribution is -2.20. The Kier molecular flexibility index (Phi) is 7.11. The minimum absolute atomic E-state index is 0.0455. The van der Waals surface area contributed by atoms with Gasteiger partial charge in [0.05, 0.1) is 6.42 Å². The minimum atomic E-state index is -4.78. The fraction of sp³-hybridized carbons (Fsp3) is 0.318. The van der Waals surface area contributed by atoms with E-state index in [0.29, 0.717) is 22.6 Å². The van der Waals surface area contributed by atoms with Crippen molar-refractivity contribution >= 4 is 23.1 Å². The molecule has 0 unspecified atom stereocenters. The van der Waals surface area contributed by atoms with Crippen molar-refractivity contribution in [2.45, 2.75) is 40.1 Å². The van der Waals surface area contributed by atoms with Crippen LogP contribution in [0.1, 0.15) is 33.9 Å². The molecule has 176 valence electrons. The summed E-state index contributed by atoms with van der Waals surface area (Å²) < 4.78 is 49.2. The molecule has 0 radical (unpaired) electrons. The molecule has 3 aromatic rings. The number of benzene rings is 1. The number of thiazole rings is 1. The summed E-state index contributed by atoms with van der Waals surface area (Å²) in [6.45, 7) is 4.91.